The van der Waals surface area contributed by atoms with Crippen LogP contribution in [0.3, 0.4) is 0 Å². The molecule has 4 rings (SSSR count). The SMILES string of the molecule is COCCn1c(=NC(=O)c2ccc(NS(=O)(=O)c3ccc(OC)cc3)cc2)sc2cc(S(N)(=O)=O)ccc21. The second-order valence-corrected chi connectivity index (χ2v) is 12.2. The molecule has 3 aromatic carbocycles. The average molecular weight is 577 g/mol. The molecular weight excluding hydrogens is 552 g/mol. The van der Waals surface area contributed by atoms with Gasteiger partial charge < -0.3 is 14.0 Å². The molecule has 200 valence electrons. The first kappa shape index (κ1) is 27.5. The predicted octanol–water partition coefficient (Wildman–Crippen LogP) is 2.55. The van der Waals surface area contributed by atoms with Crippen LogP contribution in [0.4, 0.5) is 5.69 Å². The van der Waals surface area contributed by atoms with Gasteiger partial charge in [-0.2, -0.15) is 4.99 Å². The number of ether oxygens (including phenoxy) is 2. The van der Waals surface area contributed by atoms with Gasteiger partial charge in [0.1, 0.15) is 5.75 Å². The zero-order valence-corrected chi connectivity index (χ0v) is 22.8. The van der Waals surface area contributed by atoms with Gasteiger partial charge in [0.05, 0.1) is 33.7 Å². The summed E-state index contributed by atoms with van der Waals surface area (Å²) in [4.78, 5) is 17.5. The number of fused-ring (bicyclic) bond motifs is 1. The molecule has 0 fully saturated rings. The fraction of sp³-hybridized carbons (Fsp3) is 0.167. The van der Waals surface area contributed by atoms with E-state index in [9.17, 15) is 21.6 Å². The van der Waals surface area contributed by atoms with Gasteiger partial charge in [0, 0.05) is 24.9 Å². The minimum atomic E-state index is -3.90. The Bertz CT molecular complexity index is 1760. The highest BCUT2D eigenvalue weighted by Crippen LogP contribution is 2.22. The number of hydrogen-bond acceptors (Lipinski definition) is 8. The van der Waals surface area contributed by atoms with E-state index in [0.29, 0.717) is 33.9 Å². The number of aromatic nitrogens is 1. The van der Waals surface area contributed by atoms with Crippen LogP contribution < -0.4 is 19.4 Å². The lowest BCUT2D eigenvalue weighted by molar-refractivity contribution is 0.0997. The van der Waals surface area contributed by atoms with Crippen LogP contribution in [0.2, 0.25) is 0 Å². The van der Waals surface area contributed by atoms with Crippen LogP contribution in [0.15, 0.2) is 81.5 Å². The van der Waals surface area contributed by atoms with E-state index in [2.05, 4.69) is 9.71 Å². The van der Waals surface area contributed by atoms with E-state index in [0.717, 1.165) is 11.3 Å². The molecule has 3 N–H and O–H groups in total. The number of benzene rings is 3. The number of carbonyl (C=O) groups is 1. The molecule has 0 saturated heterocycles. The Balaban J connectivity index is 1.62. The van der Waals surface area contributed by atoms with Crippen LogP contribution in [0.25, 0.3) is 10.2 Å². The van der Waals surface area contributed by atoms with Crippen LogP contribution in [0.1, 0.15) is 10.4 Å². The summed E-state index contributed by atoms with van der Waals surface area (Å²) in [6.45, 7) is 0.719. The minimum absolute atomic E-state index is 0.0456. The molecule has 0 aliphatic rings. The number of methoxy groups -OCH3 is 2. The van der Waals surface area contributed by atoms with Crippen molar-refractivity contribution >= 4 is 53.2 Å². The van der Waals surface area contributed by atoms with E-state index in [1.54, 1.807) is 29.9 Å². The van der Waals surface area contributed by atoms with Crippen molar-refractivity contribution in [3.63, 3.8) is 0 Å². The number of sulfonamides is 2. The van der Waals surface area contributed by atoms with Crippen molar-refractivity contribution in [2.24, 2.45) is 10.1 Å². The highest BCUT2D eigenvalue weighted by molar-refractivity contribution is 7.92. The van der Waals surface area contributed by atoms with Gasteiger partial charge in [-0.1, -0.05) is 11.3 Å². The number of nitrogens with one attached hydrogen (secondary N) is 1. The van der Waals surface area contributed by atoms with Gasteiger partial charge >= 0.3 is 0 Å². The summed E-state index contributed by atoms with van der Waals surface area (Å²) in [6, 6.07) is 16.2. The van der Waals surface area contributed by atoms with Crippen LogP contribution in [0.5, 0.6) is 5.75 Å². The number of primary sulfonamides is 1. The topological polar surface area (TPSA) is 159 Å². The zero-order chi connectivity index (χ0) is 27.5. The number of nitrogens with two attached hydrogens (primary N) is 1. The van der Waals surface area contributed by atoms with Gasteiger partial charge in [0.2, 0.25) is 10.0 Å². The maximum Gasteiger partial charge on any atom is 0.279 e. The van der Waals surface area contributed by atoms with Crippen molar-refractivity contribution in [2.45, 2.75) is 16.3 Å². The van der Waals surface area contributed by atoms with Crippen LogP contribution in [-0.4, -0.2) is 48.1 Å². The lowest BCUT2D eigenvalue weighted by atomic mass is 10.2. The Morgan fingerprint density at radius 3 is 2.24 bits per heavy atom. The lowest BCUT2D eigenvalue weighted by Gasteiger charge is -2.09. The number of anilines is 1. The zero-order valence-electron chi connectivity index (χ0n) is 20.3. The molecule has 0 atom stereocenters. The van der Waals surface area contributed by atoms with Crippen molar-refractivity contribution in [3.05, 3.63) is 77.1 Å². The quantitative estimate of drug-likeness (QED) is 0.310. The molecule has 0 spiro atoms. The van der Waals surface area contributed by atoms with Crippen molar-refractivity contribution in [3.8, 4) is 5.75 Å². The second kappa shape index (κ2) is 11.0. The van der Waals surface area contributed by atoms with Crippen molar-refractivity contribution in [2.75, 3.05) is 25.5 Å². The van der Waals surface area contributed by atoms with E-state index in [1.165, 1.54) is 55.6 Å². The monoisotopic (exact) mass is 576 g/mol. The standard InChI is InChI=1S/C24H24N4O7S3/c1-34-14-13-28-21-12-11-20(37(25,30)31)15-22(21)36-24(28)26-23(29)16-3-5-17(6-4-16)27-38(32,33)19-9-7-18(35-2)8-10-19/h3-12,15,27H,13-14H2,1-2H3,(H2,25,30,31). The number of nitrogens with zero attached hydrogens (tertiary/aromatic N) is 2. The molecule has 0 radical (unpaired) electrons. The summed E-state index contributed by atoms with van der Waals surface area (Å²) in [6.07, 6.45) is 0. The van der Waals surface area contributed by atoms with Crippen LogP contribution in [-0.2, 0) is 31.3 Å². The Hall–Kier alpha value is -3.56. The first-order valence-corrected chi connectivity index (χ1v) is 14.9. The first-order chi connectivity index (χ1) is 18.0. The number of hydrogen-bond donors (Lipinski definition) is 2. The maximum atomic E-state index is 13.0. The summed E-state index contributed by atoms with van der Waals surface area (Å²) in [5.74, 6) is -0.0263. The van der Waals surface area contributed by atoms with E-state index in [-0.39, 0.29) is 21.0 Å². The molecule has 38 heavy (non-hydrogen) atoms. The van der Waals surface area contributed by atoms with E-state index >= 15 is 0 Å². The number of carbonyl (C=O) groups excluding carboxylic acids is 1. The lowest BCUT2D eigenvalue weighted by Crippen LogP contribution is -2.19. The van der Waals surface area contributed by atoms with Gasteiger partial charge in [0.15, 0.2) is 4.80 Å². The molecule has 4 aromatic rings. The largest absolute Gasteiger partial charge is 0.497 e. The fourth-order valence-electron chi connectivity index (χ4n) is 3.52. The predicted molar refractivity (Wildman–Crippen MR) is 143 cm³/mol. The fourth-order valence-corrected chi connectivity index (χ4v) is 6.28. The summed E-state index contributed by atoms with van der Waals surface area (Å²) in [5.41, 5.74) is 1.18. The van der Waals surface area contributed by atoms with Crippen molar-refractivity contribution < 1.29 is 31.1 Å². The van der Waals surface area contributed by atoms with Crippen molar-refractivity contribution in [1.82, 2.24) is 4.57 Å². The molecule has 1 amide bonds. The third kappa shape index (κ3) is 6.11. The smallest absolute Gasteiger partial charge is 0.279 e. The molecule has 1 aromatic heterocycles. The Labute approximate surface area is 223 Å². The highest BCUT2D eigenvalue weighted by Gasteiger charge is 2.16. The maximum absolute atomic E-state index is 13.0. The molecule has 1 heterocycles. The molecule has 14 heteroatoms. The highest BCUT2D eigenvalue weighted by atomic mass is 32.2. The Morgan fingerprint density at radius 2 is 1.63 bits per heavy atom. The Morgan fingerprint density at radius 1 is 0.974 bits per heavy atom. The number of thiazole rings is 1. The molecular formula is C24H24N4O7S3. The molecule has 0 aliphatic heterocycles. The molecule has 0 bridgehead atoms. The van der Waals surface area contributed by atoms with Gasteiger partial charge in [-0.05, 0) is 66.7 Å². The van der Waals surface area contributed by atoms with Crippen molar-refractivity contribution in [1.29, 1.82) is 0 Å². The van der Waals surface area contributed by atoms with Gasteiger partial charge in [-0.3, -0.25) is 9.52 Å². The summed E-state index contributed by atoms with van der Waals surface area (Å²) >= 11 is 1.14. The third-order valence-corrected chi connectivity index (χ3v) is 8.80. The molecule has 11 nitrogen and oxygen atoms in total. The Kier molecular flexibility index (Phi) is 7.99. The molecule has 0 unspecified atom stereocenters. The third-order valence-electron chi connectivity index (χ3n) is 5.45. The normalized spacial score (nSPS) is 12.6. The minimum Gasteiger partial charge on any atom is -0.497 e. The first-order valence-electron chi connectivity index (χ1n) is 11.0. The van der Waals surface area contributed by atoms with E-state index < -0.39 is 26.0 Å². The molecule has 0 aliphatic carbocycles. The van der Waals surface area contributed by atoms with Crippen LogP contribution in [0, 0.1) is 0 Å². The summed E-state index contributed by atoms with van der Waals surface area (Å²) in [7, 11) is -4.71. The van der Waals surface area contributed by atoms with E-state index in [1.807, 2.05) is 0 Å². The van der Waals surface area contributed by atoms with Crippen LogP contribution >= 0.6 is 11.3 Å². The van der Waals surface area contributed by atoms with Gasteiger partial charge in [-0.25, -0.2) is 22.0 Å². The average Bonchev–Trinajstić information content (AvgIpc) is 3.23. The second-order valence-electron chi connectivity index (χ2n) is 7.98. The number of rotatable bonds is 9. The number of amides is 1. The van der Waals surface area contributed by atoms with Gasteiger partial charge in [0.25, 0.3) is 15.9 Å². The summed E-state index contributed by atoms with van der Waals surface area (Å²) in [5, 5.41) is 5.25. The van der Waals surface area contributed by atoms with Gasteiger partial charge in [-0.15, -0.1) is 0 Å². The molecule has 0 saturated carbocycles. The van der Waals surface area contributed by atoms with E-state index in [4.69, 9.17) is 14.6 Å². The summed E-state index contributed by atoms with van der Waals surface area (Å²) < 4.78 is 63.9.